The van der Waals surface area contributed by atoms with Gasteiger partial charge in [-0.05, 0) is 18.4 Å². The molecule has 0 spiro atoms. The van der Waals surface area contributed by atoms with Crippen LogP contribution in [-0.4, -0.2) is 23.1 Å². The van der Waals surface area contributed by atoms with Crippen LogP contribution in [0.4, 0.5) is 0 Å². The first-order valence-electron chi connectivity index (χ1n) is 5.17. The molecule has 0 atom stereocenters. The molecule has 1 heterocycles. The molecule has 1 aliphatic heterocycles. The molecular weight excluding hydrogens is 188 g/mol. The number of hydrogen-bond acceptors (Lipinski definition) is 3. The van der Waals surface area contributed by atoms with E-state index in [1.807, 2.05) is 30.3 Å². The summed E-state index contributed by atoms with van der Waals surface area (Å²) in [4.78, 5) is 1.69. The molecule has 3 heteroatoms. The first-order chi connectivity index (χ1) is 7.24. The van der Waals surface area contributed by atoms with E-state index in [4.69, 9.17) is 5.26 Å². The Balaban J connectivity index is 2.14. The minimum absolute atomic E-state index is 0.630. The highest BCUT2D eigenvalue weighted by Gasteiger charge is 2.33. The molecule has 1 aliphatic rings. The number of likely N-dealkylation sites (tertiary alicyclic amines) is 1. The Morgan fingerprint density at radius 3 is 2.33 bits per heavy atom. The summed E-state index contributed by atoms with van der Waals surface area (Å²) in [6, 6.07) is 9.70. The van der Waals surface area contributed by atoms with Crippen molar-refractivity contribution in [1.29, 1.82) is 5.26 Å². The van der Waals surface area contributed by atoms with Crippen LogP contribution in [0.25, 0.3) is 0 Å². The van der Waals surface area contributed by atoms with Crippen molar-refractivity contribution < 1.29 is 5.11 Å². The van der Waals surface area contributed by atoms with E-state index in [-0.39, 0.29) is 0 Å². The summed E-state index contributed by atoms with van der Waals surface area (Å²) in [7, 11) is 0. The van der Waals surface area contributed by atoms with Crippen LogP contribution in [0.3, 0.4) is 0 Å². The van der Waals surface area contributed by atoms with Gasteiger partial charge in [-0.2, -0.15) is 5.26 Å². The molecule has 0 aliphatic carbocycles. The molecule has 0 bridgehead atoms. The minimum atomic E-state index is -0.741. The van der Waals surface area contributed by atoms with Crippen molar-refractivity contribution in [2.24, 2.45) is 0 Å². The second-order valence-corrected chi connectivity index (χ2v) is 3.98. The number of aliphatic hydroxyl groups is 1. The van der Waals surface area contributed by atoms with E-state index < -0.39 is 5.60 Å². The Morgan fingerprint density at radius 2 is 1.80 bits per heavy atom. The molecule has 78 valence electrons. The molecule has 3 nitrogen and oxygen atoms in total. The van der Waals surface area contributed by atoms with E-state index in [1.54, 1.807) is 4.90 Å². The van der Waals surface area contributed by atoms with Crippen molar-refractivity contribution in [3.05, 3.63) is 35.9 Å². The van der Waals surface area contributed by atoms with Crippen LogP contribution in [0.2, 0.25) is 0 Å². The predicted molar refractivity (Wildman–Crippen MR) is 56.8 cm³/mol. The van der Waals surface area contributed by atoms with E-state index in [1.165, 1.54) is 0 Å². The van der Waals surface area contributed by atoms with Crippen molar-refractivity contribution in [1.82, 2.24) is 4.90 Å². The summed E-state index contributed by atoms with van der Waals surface area (Å²) < 4.78 is 0. The molecular formula is C12H14N2O. The molecule has 0 saturated carbocycles. The molecule has 1 fully saturated rings. The van der Waals surface area contributed by atoms with Gasteiger partial charge in [-0.25, -0.2) is 0 Å². The van der Waals surface area contributed by atoms with Crippen LogP contribution in [-0.2, 0) is 5.60 Å². The van der Waals surface area contributed by atoms with Gasteiger partial charge >= 0.3 is 0 Å². The lowest BCUT2D eigenvalue weighted by molar-refractivity contribution is -0.0145. The van der Waals surface area contributed by atoms with E-state index in [9.17, 15) is 5.11 Å². The first kappa shape index (κ1) is 10.0. The molecule has 1 saturated heterocycles. The fourth-order valence-electron chi connectivity index (χ4n) is 2.01. The van der Waals surface area contributed by atoms with Crippen molar-refractivity contribution >= 4 is 0 Å². The molecule has 0 unspecified atom stereocenters. The average molecular weight is 202 g/mol. The van der Waals surface area contributed by atoms with Crippen molar-refractivity contribution in [3.8, 4) is 6.19 Å². The highest BCUT2D eigenvalue weighted by molar-refractivity contribution is 5.23. The summed E-state index contributed by atoms with van der Waals surface area (Å²) in [5.41, 5.74) is 0.219. The number of benzene rings is 1. The summed E-state index contributed by atoms with van der Waals surface area (Å²) in [6.45, 7) is 1.28. The fourth-order valence-corrected chi connectivity index (χ4v) is 2.01. The van der Waals surface area contributed by atoms with Crippen LogP contribution in [0, 0.1) is 11.5 Å². The number of hydrogen-bond donors (Lipinski definition) is 1. The number of nitriles is 1. The van der Waals surface area contributed by atoms with Gasteiger partial charge in [0, 0.05) is 13.1 Å². The smallest absolute Gasteiger partial charge is 0.179 e. The zero-order valence-corrected chi connectivity index (χ0v) is 8.56. The lowest BCUT2D eigenvalue weighted by Crippen LogP contribution is -2.40. The van der Waals surface area contributed by atoms with Gasteiger partial charge in [0.1, 0.15) is 0 Å². The van der Waals surface area contributed by atoms with Gasteiger partial charge in [-0.3, -0.25) is 0 Å². The predicted octanol–water partition coefficient (Wildman–Crippen LogP) is 1.45. The van der Waals surface area contributed by atoms with Crippen molar-refractivity contribution in [2.75, 3.05) is 13.1 Å². The van der Waals surface area contributed by atoms with Gasteiger partial charge in [-0.15, -0.1) is 0 Å². The van der Waals surface area contributed by atoms with Gasteiger partial charge in [-0.1, -0.05) is 30.3 Å². The number of nitrogens with zero attached hydrogens (tertiary/aromatic N) is 2. The summed E-state index contributed by atoms with van der Waals surface area (Å²) in [5, 5.41) is 19.1. The maximum Gasteiger partial charge on any atom is 0.179 e. The molecule has 1 aromatic rings. The Kier molecular flexibility index (Phi) is 2.61. The van der Waals surface area contributed by atoms with E-state index in [0.717, 1.165) is 5.56 Å². The Labute approximate surface area is 89.6 Å². The first-order valence-corrected chi connectivity index (χ1v) is 5.17. The van der Waals surface area contributed by atoms with E-state index in [0.29, 0.717) is 25.9 Å². The lowest BCUT2D eigenvalue weighted by atomic mass is 9.85. The average Bonchev–Trinajstić information content (AvgIpc) is 2.31. The van der Waals surface area contributed by atoms with Crippen LogP contribution in [0.5, 0.6) is 0 Å². The van der Waals surface area contributed by atoms with Crippen LogP contribution in [0.1, 0.15) is 18.4 Å². The van der Waals surface area contributed by atoms with Crippen LogP contribution < -0.4 is 0 Å². The van der Waals surface area contributed by atoms with Gasteiger partial charge in [0.05, 0.1) is 5.60 Å². The molecule has 1 aromatic carbocycles. The third-order valence-electron chi connectivity index (χ3n) is 3.04. The maximum absolute atomic E-state index is 10.4. The lowest BCUT2D eigenvalue weighted by Gasteiger charge is -2.36. The molecule has 0 amide bonds. The van der Waals surface area contributed by atoms with Crippen molar-refractivity contribution in [2.45, 2.75) is 18.4 Å². The highest BCUT2D eigenvalue weighted by atomic mass is 16.3. The minimum Gasteiger partial charge on any atom is -0.385 e. The highest BCUT2D eigenvalue weighted by Crippen LogP contribution is 2.32. The second kappa shape index (κ2) is 3.92. The third-order valence-corrected chi connectivity index (χ3v) is 3.04. The zero-order valence-electron chi connectivity index (χ0n) is 8.56. The van der Waals surface area contributed by atoms with E-state index in [2.05, 4.69) is 6.19 Å². The summed E-state index contributed by atoms with van der Waals surface area (Å²) >= 11 is 0. The Hall–Kier alpha value is -1.53. The normalized spacial score (nSPS) is 19.6. The fraction of sp³-hybridized carbons (Fsp3) is 0.417. The Morgan fingerprint density at radius 1 is 1.20 bits per heavy atom. The maximum atomic E-state index is 10.4. The Bertz CT molecular complexity index is 361. The van der Waals surface area contributed by atoms with Gasteiger partial charge in [0.2, 0.25) is 0 Å². The molecule has 15 heavy (non-hydrogen) atoms. The summed E-state index contributed by atoms with van der Waals surface area (Å²) in [6.07, 6.45) is 3.37. The third kappa shape index (κ3) is 1.95. The van der Waals surface area contributed by atoms with Gasteiger partial charge in [0.25, 0.3) is 0 Å². The van der Waals surface area contributed by atoms with Gasteiger partial charge < -0.3 is 10.0 Å². The molecule has 0 radical (unpaired) electrons. The standard InChI is InChI=1S/C12H14N2O/c13-10-14-8-6-12(15,7-9-14)11-4-2-1-3-5-11/h1-5,15H,6-9H2. The van der Waals surface area contributed by atoms with Crippen molar-refractivity contribution in [3.63, 3.8) is 0 Å². The molecule has 0 aromatic heterocycles. The van der Waals surface area contributed by atoms with Crippen LogP contribution in [0.15, 0.2) is 30.3 Å². The number of piperidine rings is 1. The van der Waals surface area contributed by atoms with E-state index >= 15 is 0 Å². The topological polar surface area (TPSA) is 47.3 Å². The largest absolute Gasteiger partial charge is 0.385 e. The van der Waals surface area contributed by atoms with Gasteiger partial charge in [0.15, 0.2) is 6.19 Å². The molecule has 1 N–H and O–H groups in total. The summed E-state index contributed by atoms with van der Waals surface area (Å²) in [5.74, 6) is 0. The number of rotatable bonds is 1. The molecule has 2 rings (SSSR count). The monoisotopic (exact) mass is 202 g/mol. The quantitative estimate of drug-likeness (QED) is 0.701. The van der Waals surface area contributed by atoms with Crippen LogP contribution >= 0.6 is 0 Å². The SMILES string of the molecule is N#CN1CCC(O)(c2ccccc2)CC1. The zero-order chi connectivity index (χ0) is 10.7. The second-order valence-electron chi connectivity index (χ2n) is 3.98.